The zero-order valence-corrected chi connectivity index (χ0v) is 11.6. The molecule has 0 atom stereocenters. The molecule has 2 rings (SSSR count). The fourth-order valence-corrected chi connectivity index (χ4v) is 2.05. The summed E-state index contributed by atoms with van der Waals surface area (Å²) in [5.74, 6) is 0. The predicted octanol–water partition coefficient (Wildman–Crippen LogP) is 3.22. The molecule has 6 heteroatoms. The van der Waals surface area contributed by atoms with Crippen LogP contribution in [0.3, 0.4) is 0 Å². The van der Waals surface area contributed by atoms with Crippen LogP contribution in [-0.4, -0.2) is 14.7 Å². The Kier molecular flexibility index (Phi) is 3.47. The van der Waals surface area contributed by atoms with Crippen molar-refractivity contribution in [3.63, 3.8) is 0 Å². The first-order valence-electron chi connectivity index (χ1n) is 5.42. The van der Waals surface area contributed by atoms with E-state index in [1.807, 2.05) is 24.6 Å². The van der Waals surface area contributed by atoms with Crippen molar-refractivity contribution in [3.8, 4) is 0 Å². The number of hydrogen-bond acceptors (Lipinski definition) is 3. The molecular weight excluding hydrogens is 298 g/mol. The maximum absolute atomic E-state index is 10.7. The lowest BCUT2D eigenvalue weighted by Crippen LogP contribution is -2.04. The number of aromatic nitrogens is 2. The molecule has 2 aromatic rings. The lowest BCUT2D eigenvalue weighted by atomic mass is 10.2. The quantitative estimate of drug-likeness (QED) is 0.646. The summed E-state index contributed by atoms with van der Waals surface area (Å²) in [5.41, 5.74) is 2.90. The highest BCUT2D eigenvalue weighted by Crippen LogP contribution is 2.21. The number of rotatable bonds is 3. The first-order valence-corrected chi connectivity index (χ1v) is 6.21. The molecular formula is C12H12BrN3O2. The maximum atomic E-state index is 10.7. The molecule has 0 radical (unpaired) electrons. The second-order valence-corrected chi connectivity index (χ2v) is 4.86. The van der Waals surface area contributed by atoms with Crippen LogP contribution < -0.4 is 0 Å². The molecule has 94 valence electrons. The molecule has 18 heavy (non-hydrogen) atoms. The van der Waals surface area contributed by atoms with Crippen molar-refractivity contribution in [3.05, 3.63) is 55.8 Å². The molecule has 0 N–H and O–H groups in total. The summed E-state index contributed by atoms with van der Waals surface area (Å²) in [6.45, 7) is 4.41. The van der Waals surface area contributed by atoms with Crippen molar-refractivity contribution in [2.24, 2.45) is 0 Å². The van der Waals surface area contributed by atoms with Crippen LogP contribution >= 0.6 is 15.9 Å². The molecule has 0 aliphatic heterocycles. The van der Waals surface area contributed by atoms with E-state index < -0.39 is 0 Å². The van der Waals surface area contributed by atoms with Gasteiger partial charge in [-0.05, 0) is 35.3 Å². The highest BCUT2D eigenvalue weighted by Gasteiger charge is 2.10. The number of nitrogens with zero attached hydrogens (tertiary/aromatic N) is 3. The van der Waals surface area contributed by atoms with Gasteiger partial charge in [-0.15, -0.1) is 0 Å². The van der Waals surface area contributed by atoms with Gasteiger partial charge in [-0.1, -0.05) is 12.1 Å². The lowest BCUT2D eigenvalue weighted by molar-refractivity contribution is -0.384. The largest absolute Gasteiger partial charge is 0.269 e. The van der Waals surface area contributed by atoms with Crippen LogP contribution in [0.15, 0.2) is 28.7 Å². The van der Waals surface area contributed by atoms with E-state index in [-0.39, 0.29) is 10.6 Å². The average molecular weight is 310 g/mol. The van der Waals surface area contributed by atoms with Crippen molar-refractivity contribution < 1.29 is 4.92 Å². The lowest BCUT2D eigenvalue weighted by Gasteiger charge is -2.04. The van der Waals surface area contributed by atoms with E-state index in [0.29, 0.717) is 6.54 Å². The summed E-state index contributed by atoms with van der Waals surface area (Å²) in [4.78, 5) is 10.3. The number of benzene rings is 1. The molecule has 0 bridgehead atoms. The third-order valence-corrected chi connectivity index (χ3v) is 3.89. The molecule has 0 aliphatic carbocycles. The van der Waals surface area contributed by atoms with E-state index >= 15 is 0 Å². The Balaban J connectivity index is 2.31. The molecule has 0 aliphatic rings. The fourth-order valence-electron chi connectivity index (χ4n) is 1.77. The Morgan fingerprint density at radius 1 is 1.44 bits per heavy atom. The summed E-state index contributed by atoms with van der Waals surface area (Å²) >= 11 is 3.46. The van der Waals surface area contributed by atoms with Crippen LogP contribution in [0.1, 0.15) is 17.0 Å². The predicted molar refractivity (Wildman–Crippen MR) is 71.6 cm³/mol. The van der Waals surface area contributed by atoms with Gasteiger partial charge in [0.25, 0.3) is 5.69 Å². The SMILES string of the molecule is Cc1nn(Cc2cccc([N+](=O)[O-])c2)c(C)c1Br. The molecule has 0 amide bonds. The molecule has 1 heterocycles. The Bertz CT molecular complexity index is 607. The molecule has 0 saturated heterocycles. The number of halogens is 1. The molecule has 0 saturated carbocycles. The summed E-state index contributed by atoms with van der Waals surface area (Å²) in [6.07, 6.45) is 0. The van der Waals surface area contributed by atoms with Crippen LogP contribution in [0, 0.1) is 24.0 Å². The van der Waals surface area contributed by atoms with Gasteiger partial charge in [0.2, 0.25) is 0 Å². The molecule has 0 fully saturated rings. The maximum Gasteiger partial charge on any atom is 0.269 e. The summed E-state index contributed by atoms with van der Waals surface area (Å²) in [6, 6.07) is 6.61. The fraction of sp³-hybridized carbons (Fsp3) is 0.250. The van der Waals surface area contributed by atoms with Crippen LogP contribution in [0.2, 0.25) is 0 Å². The van der Waals surface area contributed by atoms with Gasteiger partial charge in [0.15, 0.2) is 0 Å². The van der Waals surface area contributed by atoms with Crippen molar-refractivity contribution in [1.82, 2.24) is 9.78 Å². The van der Waals surface area contributed by atoms with Gasteiger partial charge in [-0.2, -0.15) is 5.10 Å². The minimum atomic E-state index is -0.388. The number of non-ortho nitro benzene ring substituents is 1. The van der Waals surface area contributed by atoms with Crippen molar-refractivity contribution in [1.29, 1.82) is 0 Å². The minimum Gasteiger partial charge on any atom is -0.264 e. The molecule has 0 spiro atoms. The first kappa shape index (κ1) is 12.8. The van der Waals surface area contributed by atoms with Crippen LogP contribution in [0.4, 0.5) is 5.69 Å². The monoisotopic (exact) mass is 309 g/mol. The third-order valence-electron chi connectivity index (χ3n) is 2.75. The van der Waals surface area contributed by atoms with Gasteiger partial charge < -0.3 is 0 Å². The summed E-state index contributed by atoms with van der Waals surface area (Å²) < 4.78 is 2.81. The second-order valence-electron chi connectivity index (χ2n) is 4.07. The summed E-state index contributed by atoms with van der Waals surface area (Å²) in [7, 11) is 0. The zero-order valence-electron chi connectivity index (χ0n) is 10.1. The van der Waals surface area contributed by atoms with Crippen molar-refractivity contribution >= 4 is 21.6 Å². The molecule has 1 aromatic heterocycles. The Morgan fingerprint density at radius 2 is 2.17 bits per heavy atom. The topological polar surface area (TPSA) is 61.0 Å². The van der Waals surface area contributed by atoms with Gasteiger partial charge in [-0.25, -0.2) is 0 Å². The van der Waals surface area contributed by atoms with Crippen LogP contribution in [0.25, 0.3) is 0 Å². The number of nitro benzene ring substituents is 1. The Morgan fingerprint density at radius 3 is 2.72 bits per heavy atom. The van der Waals surface area contributed by atoms with E-state index in [9.17, 15) is 10.1 Å². The van der Waals surface area contributed by atoms with Crippen LogP contribution in [-0.2, 0) is 6.54 Å². The Hall–Kier alpha value is -1.69. The standard InChI is InChI=1S/C12H12BrN3O2/c1-8-12(13)9(2)15(14-8)7-10-4-3-5-11(6-10)16(17)18/h3-6H,7H2,1-2H3. The number of aryl methyl sites for hydroxylation is 1. The highest BCUT2D eigenvalue weighted by molar-refractivity contribution is 9.10. The van der Waals surface area contributed by atoms with Gasteiger partial charge in [0, 0.05) is 12.1 Å². The average Bonchev–Trinajstić information content (AvgIpc) is 2.57. The van der Waals surface area contributed by atoms with Crippen LogP contribution in [0.5, 0.6) is 0 Å². The van der Waals surface area contributed by atoms with Gasteiger partial charge in [-0.3, -0.25) is 14.8 Å². The van der Waals surface area contributed by atoms with E-state index in [4.69, 9.17) is 0 Å². The number of hydrogen-bond donors (Lipinski definition) is 0. The third kappa shape index (κ3) is 2.43. The van der Waals surface area contributed by atoms with E-state index in [2.05, 4.69) is 21.0 Å². The Labute approximate surface area is 113 Å². The molecule has 0 unspecified atom stereocenters. The second kappa shape index (κ2) is 4.89. The van der Waals surface area contributed by atoms with E-state index in [0.717, 1.165) is 21.4 Å². The van der Waals surface area contributed by atoms with Gasteiger partial charge >= 0.3 is 0 Å². The molecule has 1 aromatic carbocycles. The van der Waals surface area contributed by atoms with Gasteiger partial charge in [0.1, 0.15) is 0 Å². The van der Waals surface area contributed by atoms with E-state index in [1.54, 1.807) is 12.1 Å². The van der Waals surface area contributed by atoms with E-state index in [1.165, 1.54) is 6.07 Å². The first-order chi connectivity index (χ1) is 8.49. The zero-order chi connectivity index (χ0) is 13.3. The summed E-state index contributed by atoms with van der Waals surface area (Å²) in [5, 5.41) is 15.1. The number of nitro groups is 1. The van der Waals surface area contributed by atoms with Crippen molar-refractivity contribution in [2.45, 2.75) is 20.4 Å². The normalized spacial score (nSPS) is 10.6. The molecule has 5 nitrogen and oxygen atoms in total. The highest BCUT2D eigenvalue weighted by atomic mass is 79.9. The van der Waals surface area contributed by atoms with Crippen molar-refractivity contribution in [2.75, 3.05) is 0 Å². The minimum absolute atomic E-state index is 0.105. The van der Waals surface area contributed by atoms with Gasteiger partial charge in [0.05, 0.1) is 27.3 Å². The smallest absolute Gasteiger partial charge is 0.264 e.